The van der Waals surface area contributed by atoms with Crippen LogP contribution >= 0.6 is 0 Å². The average molecular weight is 381 g/mol. The second-order valence-corrected chi connectivity index (χ2v) is 7.56. The fourth-order valence-electron chi connectivity index (χ4n) is 4.18. The van der Waals surface area contributed by atoms with Gasteiger partial charge in [0.1, 0.15) is 0 Å². The number of carbonyl (C=O) groups excluding carboxylic acids is 2. The van der Waals surface area contributed by atoms with Crippen molar-refractivity contribution in [3.05, 3.63) is 48.5 Å². The summed E-state index contributed by atoms with van der Waals surface area (Å²) in [7, 11) is 0. The monoisotopic (exact) mass is 381 g/mol. The number of hydrogen-bond donors (Lipinski definition) is 1. The highest BCUT2D eigenvalue weighted by atomic mass is 16.2. The van der Waals surface area contributed by atoms with Crippen LogP contribution in [-0.2, 0) is 11.3 Å². The van der Waals surface area contributed by atoms with Gasteiger partial charge in [0.05, 0.1) is 6.33 Å². The first kappa shape index (κ1) is 18.5. The predicted octanol–water partition coefficient (Wildman–Crippen LogP) is 2.56. The Bertz CT molecular complexity index is 820. The lowest BCUT2D eigenvalue weighted by Gasteiger charge is -2.27. The molecule has 2 aliphatic rings. The minimum absolute atomic E-state index is 0.0265. The van der Waals surface area contributed by atoms with E-state index in [1.165, 1.54) is 0 Å². The van der Waals surface area contributed by atoms with Gasteiger partial charge in [0.25, 0.3) is 0 Å². The Balaban J connectivity index is 1.30. The molecule has 1 aromatic carbocycles. The Kier molecular flexibility index (Phi) is 5.60. The van der Waals surface area contributed by atoms with E-state index >= 15 is 0 Å². The van der Waals surface area contributed by atoms with Gasteiger partial charge in [-0.25, -0.2) is 9.78 Å². The van der Waals surface area contributed by atoms with Crippen molar-refractivity contribution >= 4 is 11.9 Å². The molecular weight excluding hydrogens is 354 g/mol. The Morgan fingerprint density at radius 1 is 1.18 bits per heavy atom. The molecule has 0 bridgehead atoms. The number of carbonyl (C=O) groups is 2. The number of rotatable bonds is 4. The molecule has 2 aliphatic heterocycles. The zero-order valence-electron chi connectivity index (χ0n) is 16.1. The first-order valence-electron chi connectivity index (χ1n) is 10.1. The van der Waals surface area contributed by atoms with E-state index in [1.54, 1.807) is 12.5 Å². The lowest BCUT2D eigenvalue weighted by Crippen LogP contribution is -2.41. The molecule has 2 saturated heterocycles. The quantitative estimate of drug-likeness (QED) is 0.885. The van der Waals surface area contributed by atoms with Gasteiger partial charge < -0.3 is 19.7 Å². The lowest BCUT2D eigenvalue weighted by molar-refractivity contribution is -0.129. The molecule has 2 fully saturated rings. The van der Waals surface area contributed by atoms with Gasteiger partial charge >= 0.3 is 6.03 Å². The fourth-order valence-corrected chi connectivity index (χ4v) is 4.18. The number of amides is 3. The molecule has 0 radical (unpaired) electrons. The van der Waals surface area contributed by atoms with Gasteiger partial charge in [-0.15, -0.1) is 0 Å². The molecule has 0 saturated carbocycles. The van der Waals surface area contributed by atoms with Crippen LogP contribution in [0.15, 0.2) is 43.0 Å². The molecule has 148 valence electrons. The highest BCUT2D eigenvalue weighted by Crippen LogP contribution is 2.22. The summed E-state index contributed by atoms with van der Waals surface area (Å²) in [5.74, 6) is 0.278. The van der Waals surface area contributed by atoms with E-state index in [0.717, 1.165) is 50.0 Å². The Hall–Kier alpha value is -2.83. The maximum absolute atomic E-state index is 12.6. The topological polar surface area (TPSA) is 70.5 Å². The molecule has 4 rings (SSSR count). The number of aromatic nitrogens is 2. The van der Waals surface area contributed by atoms with Gasteiger partial charge in [0, 0.05) is 56.7 Å². The van der Waals surface area contributed by atoms with Crippen LogP contribution in [0.4, 0.5) is 4.79 Å². The van der Waals surface area contributed by atoms with E-state index in [1.807, 2.05) is 38.8 Å². The van der Waals surface area contributed by atoms with Crippen molar-refractivity contribution < 1.29 is 9.59 Å². The standard InChI is InChI=1S/C21H27N5O2/c27-20-7-3-11-26(20)18-6-2-10-24(12-8-18)21(28)23-15-17-4-1-5-19(14-17)25-13-9-22-16-25/h1,4-5,9,13-14,16,18H,2-3,6-8,10-12,15H2,(H,23,28)/t18-/m0/s1. The van der Waals surface area contributed by atoms with E-state index in [9.17, 15) is 9.59 Å². The van der Waals surface area contributed by atoms with Gasteiger partial charge in [-0.1, -0.05) is 12.1 Å². The van der Waals surface area contributed by atoms with E-state index in [0.29, 0.717) is 25.6 Å². The number of likely N-dealkylation sites (tertiary alicyclic amines) is 2. The Labute approximate surface area is 165 Å². The largest absolute Gasteiger partial charge is 0.340 e. The summed E-state index contributed by atoms with van der Waals surface area (Å²) in [4.78, 5) is 32.6. The van der Waals surface area contributed by atoms with Crippen LogP contribution in [0.1, 0.15) is 37.7 Å². The molecule has 28 heavy (non-hydrogen) atoms. The molecule has 2 aromatic rings. The van der Waals surface area contributed by atoms with E-state index in [4.69, 9.17) is 0 Å². The van der Waals surface area contributed by atoms with Crippen LogP contribution in [0.3, 0.4) is 0 Å². The predicted molar refractivity (Wildman–Crippen MR) is 106 cm³/mol. The molecule has 1 N–H and O–H groups in total. The summed E-state index contributed by atoms with van der Waals surface area (Å²) in [6.45, 7) is 2.82. The van der Waals surface area contributed by atoms with Crippen molar-refractivity contribution in [3.8, 4) is 5.69 Å². The second kappa shape index (κ2) is 8.46. The van der Waals surface area contributed by atoms with Gasteiger partial charge in [-0.2, -0.15) is 0 Å². The zero-order chi connectivity index (χ0) is 19.3. The molecule has 7 heteroatoms. The Morgan fingerprint density at radius 3 is 2.89 bits per heavy atom. The summed E-state index contributed by atoms with van der Waals surface area (Å²) in [6.07, 6.45) is 9.86. The third-order valence-electron chi connectivity index (χ3n) is 5.69. The molecule has 0 unspecified atom stereocenters. The minimum atomic E-state index is -0.0265. The molecule has 0 aliphatic carbocycles. The van der Waals surface area contributed by atoms with Gasteiger partial charge in [0.2, 0.25) is 5.91 Å². The average Bonchev–Trinajstić information content (AvgIpc) is 3.34. The van der Waals surface area contributed by atoms with E-state index < -0.39 is 0 Å². The number of nitrogens with zero attached hydrogens (tertiary/aromatic N) is 4. The molecule has 3 heterocycles. The fraction of sp³-hybridized carbons (Fsp3) is 0.476. The zero-order valence-corrected chi connectivity index (χ0v) is 16.1. The number of benzene rings is 1. The SMILES string of the molecule is O=C(NCc1cccc(-n2ccnc2)c1)N1CCC[C@H](N2CCCC2=O)CC1. The number of imidazole rings is 1. The highest BCUT2D eigenvalue weighted by Gasteiger charge is 2.30. The van der Waals surface area contributed by atoms with Crippen molar-refractivity contribution in [3.63, 3.8) is 0 Å². The smallest absolute Gasteiger partial charge is 0.317 e. The van der Waals surface area contributed by atoms with Crippen molar-refractivity contribution in [2.75, 3.05) is 19.6 Å². The van der Waals surface area contributed by atoms with E-state index in [-0.39, 0.29) is 11.9 Å². The first-order valence-corrected chi connectivity index (χ1v) is 10.1. The maximum atomic E-state index is 12.6. The van der Waals surface area contributed by atoms with Crippen LogP contribution in [0, 0.1) is 0 Å². The van der Waals surface area contributed by atoms with Gasteiger partial charge in [-0.3, -0.25) is 4.79 Å². The summed E-state index contributed by atoms with van der Waals surface area (Å²) in [5.41, 5.74) is 2.08. The van der Waals surface area contributed by atoms with Crippen LogP contribution in [0.2, 0.25) is 0 Å². The maximum Gasteiger partial charge on any atom is 0.317 e. The normalized spacial score (nSPS) is 20.3. The second-order valence-electron chi connectivity index (χ2n) is 7.56. The molecule has 3 amide bonds. The molecule has 1 atom stereocenters. The van der Waals surface area contributed by atoms with Gasteiger partial charge in [-0.05, 0) is 43.4 Å². The summed E-state index contributed by atoms with van der Waals surface area (Å²) in [6, 6.07) is 8.33. The number of nitrogens with one attached hydrogen (secondary N) is 1. The van der Waals surface area contributed by atoms with E-state index in [2.05, 4.69) is 16.4 Å². The third kappa shape index (κ3) is 4.18. The molecule has 1 aromatic heterocycles. The van der Waals surface area contributed by atoms with Crippen LogP contribution in [0.25, 0.3) is 5.69 Å². The third-order valence-corrected chi connectivity index (χ3v) is 5.69. The van der Waals surface area contributed by atoms with Crippen molar-refractivity contribution in [1.29, 1.82) is 0 Å². The summed E-state index contributed by atoms with van der Waals surface area (Å²) >= 11 is 0. The minimum Gasteiger partial charge on any atom is -0.340 e. The molecule has 0 spiro atoms. The van der Waals surface area contributed by atoms with Crippen molar-refractivity contribution in [2.45, 2.75) is 44.7 Å². The first-order chi connectivity index (χ1) is 13.7. The van der Waals surface area contributed by atoms with Crippen molar-refractivity contribution in [2.24, 2.45) is 0 Å². The van der Waals surface area contributed by atoms with Gasteiger partial charge in [0.15, 0.2) is 0 Å². The number of hydrogen-bond acceptors (Lipinski definition) is 3. The Morgan fingerprint density at radius 2 is 2.11 bits per heavy atom. The molecular formula is C21H27N5O2. The molecule has 7 nitrogen and oxygen atoms in total. The van der Waals surface area contributed by atoms with Crippen LogP contribution in [0.5, 0.6) is 0 Å². The highest BCUT2D eigenvalue weighted by molar-refractivity contribution is 5.78. The summed E-state index contributed by atoms with van der Waals surface area (Å²) in [5, 5.41) is 3.04. The summed E-state index contributed by atoms with van der Waals surface area (Å²) < 4.78 is 1.94. The van der Waals surface area contributed by atoms with Crippen molar-refractivity contribution in [1.82, 2.24) is 24.7 Å². The van der Waals surface area contributed by atoms with Crippen LogP contribution in [-0.4, -0.2) is 57.0 Å². The number of urea groups is 1. The lowest BCUT2D eigenvalue weighted by atomic mass is 10.1. The van der Waals surface area contributed by atoms with Crippen LogP contribution < -0.4 is 5.32 Å².